The fourth-order valence-electron chi connectivity index (χ4n) is 6.45. The van der Waals surface area contributed by atoms with Crippen LogP contribution in [0.3, 0.4) is 0 Å². The largest absolute Gasteiger partial charge is 0.311 e. The van der Waals surface area contributed by atoms with Gasteiger partial charge in [0.2, 0.25) is 0 Å². The molecule has 0 aromatic heterocycles. The molecule has 232 valence electrons. The summed E-state index contributed by atoms with van der Waals surface area (Å²) in [5, 5.41) is 0. The van der Waals surface area contributed by atoms with Crippen LogP contribution in [0, 0.1) is 0 Å². The first-order valence-electron chi connectivity index (χ1n) is 17.2. The van der Waals surface area contributed by atoms with Gasteiger partial charge in [-0.05, 0) is 104 Å². The number of rotatable bonds is 8. The zero-order chi connectivity index (χ0) is 33.7. The van der Waals surface area contributed by atoms with E-state index in [1.807, 2.05) is 18.2 Å². The van der Waals surface area contributed by atoms with Crippen LogP contribution in [0.5, 0.6) is 0 Å². The predicted octanol–water partition coefficient (Wildman–Crippen LogP) is 13.5. The van der Waals surface area contributed by atoms with Gasteiger partial charge in [0.1, 0.15) is 0 Å². The first-order chi connectivity index (χ1) is 24.7. The average molecular weight is 628 g/mol. The summed E-state index contributed by atoms with van der Waals surface area (Å²) in [6.07, 6.45) is 0. The lowest BCUT2D eigenvalue weighted by Gasteiger charge is -2.26. The van der Waals surface area contributed by atoms with Gasteiger partial charge in [0, 0.05) is 17.1 Å². The highest BCUT2D eigenvalue weighted by atomic mass is 15.1. The van der Waals surface area contributed by atoms with E-state index in [-0.39, 0.29) is 0 Å². The SMILES string of the molecule is [3H]c1cccc(-c2ccc(N(c3ccc(-c4cccc(-c5ccccc5)c4)cc3)c3ccc(-c4cccc(-c5ccccc5)c4)cc3)cc2)c1. The Hall–Kier alpha value is -6.44. The van der Waals surface area contributed by atoms with Gasteiger partial charge < -0.3 is 4.90 Å². The van der Waals surface area contributed by atoms with E-state index in [4.69, 9.17) is 1.37 Å². The van der Waals surface area contributed by atoms with E-state index >= 15 is 0 Å². The molecule has 0 aliphatic rings. The van der Waals surface area contributed by atoms with E-state index in [1.165, 1.54) is 44.5 Å². The molecule has 49 heavy (non-hydrogen) atoms. The molecule has 0 heterocycles. The summed E-state index contributed by atoms with van der Waals surface area (Å²) >= 11 is 0. The van der Waals surface area contributed by atoms with Crippen LogP contribution >= 0.6 is 0 Å². The number of anilines is 3. The summed E-state index contributed by atoms with van der Waals surface area (Å²) in [6, 6.07) is 73.0. The average Bonchev–Trinajstić information content (AvgIpc) is 3.20. The van der Waals surface area contributed by atoms with Crippen molar-refractivity contribution in [3.63, 3.8) is 0 Å². The van der Waals surface area contributed by atoms with Crippen molar-refractivity contribution >= 4 is 17.1 Å². The maximum absolute atomic E-state index is 8.08. The molecule has 0 radical (unpaired) electrons. The summed E-state index contributed by atoms with van der Waals surface area (Å²) < 4.78 is 8.08. The second-order valence-electron chi connectivity index (χ2n) is 12.2. The summed E-state index contributed by atoms with van der Waals surface area (Å²) in [4.78, 5) is 2.30. The Morgan fingerprint density at radius 1 is 0.245 bits per heavy atom. The lowest BCUT2D eigenvalue weighted by molar-refractivity contribution is 1.28. The molecule has 0 spiro atoms. The van der Waals surface area contributed by atoms with E-state index in [0.29, 0.717) is 6.04 Å². The minimum Gasteiger partial charge on any atom is -0.311 e. The van der Waals surface area contributed by atoms with Crippen LogP contribution in [0.1, 0.15) is 1.37 Å². The molecule has 0 fully saturated rings. The van der Waals surface area contributed by atoms with Gasteiger partial charge in [0.15, 0.2) is 0 Å². The minimum atomic E-state index is 0.511. The van der Waals surface area contributed by atoms with Crippen molar-refractivity contribution in [3.8, 4) is 55.6 Å². The van der Waals surface area contributed by atoms with Crippen LogP contribution < -0.4 is 4.90 Å². The highest BCUT2D eigenvalue weighted by Gasteiger charge is 2.14. The zero-order valence-corrected chi connectivity index (χ0v) is 27.1. The third kappa shape index (κ3) is 6.56. The third-order valence-corrected chi connectivity index (χ3v) is 9.02. The molecule has 8 aromatic carbocycles. The molecule has 0 bridgehead atoms. The fourth-order valence-corrected chi connectivity index (χ4v) is 6.45. The molecule has 1 heteroatoms. The minimum absolute atomic E-state index is 0.511. The normalized spacial score (nSPS) is 11.1. The predicted molar refractivity (Wildman–Crippen MR) is 208 cm³/mol. The molecular weight excluding hydrogens is 591 g/mol. The van der Waals surface area contributed by atoms with Gasteiger partial charge in [0.25, 0.3) is 0 Å². The maximum Gasteiger partial charge on any atom is 0.0623 e. The standard InChI is InChI=1S/C48H35N/c1-4-12-36(13-5-1)39-22-28-46(29-23-39)49(47-30-24-40(25-31-47)44-20-10-18-42(34-44)37-14-6-2-7-15-37)48-32-26-41(27-33-48)45-21-11-19-43(35-45)38-16-8-3-9-17-38/h1-35H/i4T. The lowest BCUT2D eigenvalue weighted by atomic mass is 9.98. The Balaban J connectivity index is 1.14. The number of benzene rings is 8. The lowest BCUT2D eigenvalue weighted by Crippen LogP contribution is -2.09. The van der Waals surface area contributed by atoms with Gasteiger partial charge in [-0.1, -0.05) is 164 Å². The van der Waals surface area contributed by atoms with Crippen molar-refractivity contribution < 1.29 is 1.37 Å². The van der Waals surface area contributed by atoms with Crippen LogP contribution in [-0.4, -0.2) is 0 Å². The molecule has 8 rings (SSSR count). The summed E-state index contributed by atoms with van der Waals surface area (Å²) in [7, 11) is 0. The second-order valence-corrected chi connectivity index (χ2v) is 12.2. The van der Waals surface area contributed by atoms with Crippen molar-refractivity contribution in [3.05, 3.63) is 212 Å². The Labute approximate surface area is 290 Å². The van der Waals surface area contributed by atoms with Gasteiger partial charge >= 0.3 is 0 Å². The van der Waals surface area contributed by atoms with Crippen LogP contribution in [-0.2, 0) is 0 Å². The van der Waals surface area contributed by atoms with Gasteiger partial charge in [-0.3, -0.25) is 0 Å². The Kier molecular flexibility index (Phi) is 8.06. The van der Waals surface area contributed by atoms with E-state index in [1.54, 1.807) is 0 Å². The molecule has 0 saturated carbocycles. The summed E-state index contributed by atoms with van der Waals surface area (Å²) in [6.45, 7) is 0. The van der Waals surface area contributed by atoms with Crippen LogP contribution in [0.2, 0.25) is 0 Å². The smallest absolute Gasteiger partial charge is 0.0623 e. The number of nitrogens with zero attached hydrogens (tertiary/aromatic N) is 1. The molecule has 0 aliphatic carbocycles. The molecule has 0 unspecified atom stereocenters. The molecule has 0 saturated heterocycles. The summed E-state index contributed by atoms with van der Waals surface area (Å²) in [5.41, 5.74) is 14.9. The highest BCUT2D eigenvalue weighted by Crippen LogP contribution is 2.38. The topological polar surface area (TPSA) is 3.24 Å². The summed E-state index contributed by atoms with van der Waals surface area (Å²) in [5.74, 6) is 0. The highest BCUT2D eigenvalue weighted by molar-refractivity contribution is 5.82. The Morgan fingerprint density at radius 3 is 0.898 bits per heavy atom. The fraction of sp³-hybridized carbons (Fsp3) is 0. The number of hydrogen-bond acceptors (Lipinski definition) is 1. The second kappa shape index (κ2) is 13.7. The maximum atomic E-state index is 8.08. The first-order valence-corrected chi connectivity index (χ1v) is 16.7. The van der Waals surface area contributed by atoms with Gasteiger partial charge in [-0.2, -0.15) is 0 Å². The van der Waals surface area contributed by atoms with Crippen LogP contribution in [0.25, 0.3) is 55.6 Å². The zero-order valence-electron chi connectivity index (χ0n) is 28.1. The van der Waals surface area contributed by atoms with Crippen molar-refractivity contribution in [2.45, 2.75) is 0 Å². The molecule has 0 atom stereocenters. The number of hydrogen-bond donors (Lipinski definition) is 0. The van der Waals surface area contributed by atoms with Crippen LogP contribution in [0.4, 0.5) is 17.1 Å². The van der Waals surface area contributed by atoms with Gasteiger partial charge in [-0.15, -0.1) is 0 Å². The molecule has 0 amide bonds. The first kappa shape index (κ1) is 28.8. The van der Waals surface area contributed by atoms with E-state index < -0.39 is 0 Å². The molecule has 8 aromatic rings. The molecular formula is C48H35N. The molecule has 0 N–H and O–H groups in total. The van der Waals surface area contributed by atoms with Crippen molar-refractivity contribution in [2.75, 3.05) is 4.90 Å². The van der Waals surface area contributed by atoms with E-state index in [0.717, 1.165) is 28.2 Å². The van der Waals surface area contributed by atoms with E-state index in [2.05, 4.69) is 193 Å². The van der Waals surface area contributed by atoms with Crippen molar-refractivity contribution in [1.82, 2.24) is 0 Å². The van der Waals surface area contributed by atoms with E-state index in [9.17, 15) is 0 Å². The van der Waals surface area contributed by atoms with Crippen molar-refractivity contribution in [2.24, 2.45) is 0 Å². The molecule has 1 nitrogen and oxygen atoms in total. The Bertz CT molecular complexity index is 2220. The van der Waals surface area contributed by atoms with Crippen LogP contribution in [0.15, 0.2) is 212 Å². The van der Waals surface area contributed by atoms with Gasteiger partial charge in [0.05, 0.1) is 1.37 Å². The monoisotopic (exact) mass is 627 g/mol. The molecule has 0 aliphatic heterocycles. The third-order valence-electron chi connectivity index (χ3n) is 9.02. The van der Waals surface area contributed by atoms with Gasteiger partial charge in [-0.25, -0.2) is 0 Å². The quantitative estimate of drug-likeness (QED) is 0.162. The van der Waals surface area contributed by atoms with Crippen molar-refractivity contribution in [1.29, 1.82) is 0 Å². The Morgan fingerprint density at radius 2 is 0.531 bits per heavy atom.